The molecule has 0 atom stereocenters. The summed E-state index contributed by atoms with van der Waals surface area (Å²) in [6, 6.07) is 0.309. The van der Waals surface area contributed by atoms with E-state index in [0.717, 1.165) is 32.3 Å². The monoisotopic (exact) mass is 319 g/mol. The number of nitrogens with two attached hydrogens (primary N) is 1. The number of hydrogen-bond acceptors (Lipinski definition) is 6. The topological polar surface area (TPSA) is 102 Å². The van der Waals surface area contributed by atoms with Crippen molar-refractivity contribution in [2.24, 2.45) is 5.73 Å². The van der Waals surface area contributed by atoms with Gasteiger partial charge in [0.15, 0.2) is 0 Å². The molecule has 0 saturated heterocycles. The average Bonchev–Trinajstić information content (AvgIpc) is 2.49. The molecule has 0 spiro atoms. The molecule has 0 unspecified atom stereocenters. The summed E-state index contributed by atoms with van der Waals surface area (Å²) in [6.45, 7) is 8.33. The van der Waals surface area contributed by atoms with E-state index in [1.807, 2.05) is 6.92 Å². The summed E-state index contributed by atoms with van der Waals surface area (Å²) in [7, 11) is 0. The van der Waals surface area contributed by atoms with Crippen LogP contribution < -0.4 is 16.4 Å². The number of rotatable bonds is 7. The standard InChI is InChI=1S/C16H25N5O2/c1-4-23-12-7-5-11(6-8-12)20-16-18-9-13(14(17)22)15(21-16)19-10(2)3/h9,11-12H,2,4-8H2,1,3H3,(H2,17,22)(H2,18,19,20,21). The normalized spacial score (nSPS) is 20.8. The van der Waals surface area contributed by atoms with Crippen LogP contribution in [0.1, 0.15) is 49.9 Å². The summed E-state index contributed by atoms with van der Waals surface area (Å²) in [4.78, 5) is 20.0. The lowest BCUT2D eigenvalue weighted by Crippen LogP contribution is -2.30. The van der Waals surface area contributed by atoms with E-state index in [2.05, 4.69) is 27.2 Å². The van der Waals surface area contributed by atoms with Gasteiger partial charge in [0.2, 0.25) is 5.95 Å². The van der Waals surface area contributed by atoms with E-state index >= 15 is 0 Å². The smallest absolute Gasteiger partial charge is 0.254 e. The van der Waals surface area contributed by atoms with Crippen molar-refractivity contribution < 1.29 is 9.53 Å². The van der Waals surface area contributed by atoms with Gasteiger partial charge in [-0.1, -0.05) is 6.58 Å². The highest BCUT2D eigenvalue weighted by molar-refractivity contribution is 5.97. The van der Waals surface area contributed by atoms with E-state index in [-0.39, 0.29) is 5.56 Å². The van der Waals surface area contributed by atoms with E-state index in [1.54, 1.807) is 6.92 Å². The van der Waals surface area contributed by atoms with Gasteiger partial charge in [0.1, 0.15) is 11.4 Å². The van der Waals surface area contributed by atoms with Gasteiger partial charge in [-0.3, -0.25) is 4.79 Å². The number of ether oxygens (including phenoxy) is 1. The zero-order valence-corrected chi connectivity index (χ0v) is 13.8. The van der Waals surface area contributed by atoms with Crippen molar-refractivity contribution in [3.05, 3.63) is 24.0 Å². The van der Waals surface area contributed by atoms with E-state index in [9.17, 15) is 4.79 Å². The lowest BCUT2D eigenvalue weighted by molar-refractivity contribution is 0.0346. The Morgan fingerprint density at radius 1 is 1.43 bits per heavy atom. The first-order valence-electron chi connectivity index (χ1n) is 7.97. The largest absolute Gasteiger partial charge is 0.379 e. The SMILES string of the molecule is C=C(C)Nc1nc(NC2CCC(OCC)CC2)ncc1C(N)=O. The van der Waals surface area contributed by atoms with Crippen LogP contribution in [0.4, 0.5) is 11.8 Å². The molecule has 7 nitrogen and oxygen atoms in total. The third-order valence-corrected chi connectivity index (χ3v) is 3.80. The lowest BCUT2D eigenvalue weighted by Gasteiger charge is -2.29. The molecule has 0 radical (unpaired) electrons. The van der Waals surface area contributed by atoms with Crippen LogP contribution in [0.2, 0.25) is 0 Å². The number of hydrogen-bond donors (Lipinski definition) is 3. The fourth-order valence-electron chi connectivity index (χ4n) is 2.72. The molecule has 1 amide bonds. The highest BCUT2D eigenvalue weighted by Crippen LogP contribution is 2.24. The minimum absolute atomic E-state index is 0.249. The molecule has 0 bridgehead atoms. The van der Waals surface area contributed by atoms with E-state index in [4.69, 9.17) is 10.5 Å². The van der Waals surface area contributed by atoms with E-state index in [0.29, 0.717) is 29.6 Å². The zero-order chi connectivity index (χ0) is 16.8. The van der Waals surface area contributed by atoms with Crippen LogP contribution in [0.5, 0.6) is 0 Å². The summed E-state index contributed by atoms with van der Waals surface area (Å²) in [5.41, 5.74) is 6.27. The molecule has 1 saturated carbocycles. The van der Waals surface area contributed by atoms with Crippen LogP contribution in [-0.4, -0.2) is 34.6 Å². The van der Waals surface area contributed by atoms with Gasteiger partial charge in [0.05, 0.1) is 6.10 Å². The maximum absolute atomic E-state index is 11.4. The summed E-state index contributed by atoms with van der Waals surface area (Å²) in [5, 5.41) is 6.27. The minimum Gasteiger partial charge on any atom is -0.379 e. The Bertz CT molecular complexity index is 568. The molecule has 0 aliphatic heterocycles. The molecule has 7 heteroatoms. The van der Waals surface area contributed by atoms with Crippen LogP contribution in [0, 0.1) is 0 Å². The molecule has 1 aliphatic rings. The molecular weight excluding hydrogens is 294 g/mol. The molecule has 126 valence electrons. The van der Waals surface area contributed by atoms with Gasteiger partial charge < -0.3 is 21.1 Å². The van der Waals surface area contributed by atoms with Crippen LogP contribution in [0.25, 0.3) is 0 Å². The van der Waals surface area contributed by atoms with Crippen molar-refractivity contribution in [3.8, 4) is 0 Å². The Balaban J connectivity index is 2.03. The lowest BCUT2D eigenvalue weighted by atomic mass is 9.93. The maximum Gasteiger partial charge on any atom is 0.254 e. The Labute approximate surface area is 136 Å². The van der Waals surface area contributed by atoms with Crippen LogP contribution in [0.3, 0.4) is 0 Å². The number of aromatic nitrogens is 2. The number of amides is 1. The highest BCUT2D eigenvalue weighted by atomic mass is 16.5. The summed E-state index contributed by atoms with van der Waals surface area (Å²) >= 11 is 0. The first-order chi connectivity index (χ1) is 11.0. The summed E-state index contributed by atoms with van der Waals surface area (Å²) in [6.07, 6.45) is 5.87. The van der Waals surface area contributed by atoms with Gasteiger partial charge in [-0.05, 0) is 39.5 Å². The molecule has 1 aromatic rings. The molecule has 1 heterocycles. The van der Waals surface area contributed by atoms with E-state index < -0.39 is 5.91 Å². The molecule has 1 aliphatic carbocycles. The van der Waals surface area contributed by atoms with E-state index in [1.165, 1.54) is 6.20 Å². The second kappa shape index (κ2) is 7.92. The number of primary amides is 1. The first-order valence-corrected chi connectivity index (χ1v) is 7.97. The van der Waals surface area contributed by atoms with Gasteiger partial charge in [-0.2, -0.15) is 4.98 Å². The fraction of sp³-hybridized carbons (Fsp3) is 0.562. The molecule has 1 fully saturated rings. The zero-order valence-electron chi connectivity index (χ0n) is 13.8. The molecule has 4 N–H and O–H groups in total. The van der Waals surface area contributed by atoms with Crippen LogP contribution in [-0.2, 0) is 4.74 Å². The second-order valence-electron chi connectivity index (χ2n) is 5.80. The summed E-state index contributed by atoms with van der Waals surface area (Å²) < 4.78 is 5.66. The predicted octanol–water partition coefficient (Wildman–Crippen LogP) is 2.28. The predicted molar refractivity (Wildman–Crippen MR) is 90.3 cm³/mol. The number of carbonyl (C=O) groups is 1. The van der Waals surface area contributed by atoms with Crippen LogP contribution in [0.15, 0.2) is 18.5 Å². The van der Waals surface area contributed by atoms with Gasteiger partial charge in [-0.25, -0.2) is 4.98 Å². The second-order valence-corrected chi connectivity index (χ2v) is 5.80. The van der Waals surface area contributed by atoms with Crippen molar-refractivity contribution >= 4 is 17.7 Å². The molecule has 1 aromatic heterocycles. The van der Waals surface area contributed by atoms with Crippen LogP contribution >= 0.6 is 0 Å². The van der Waals surface area contributed by atoms with Gasteiger partial charge in [0, 0.05) is 24.5 Å². The third kappa shape index (κ3) is 4.92. The molecule has 23 heavy (non-hydrogen) atoms. The molecular formula is C16H25N5O2. The molecule has 2 rings (SSSR count). The number of allylic oxidation sites excluding steroid dienone is 1. The maximum atomic E-state index is 11.4. The van der Waals surface area contributed by atoms with Gasteiger partial charge in [0.25, 0.3) is 5.91 Å². The third-order valence-electron chi connectivity index (χ3n) is 3.80. The Morgan fingerprint density at radius 2 is 2.13 bits per heavy atom. The van der Waals surface area contributed by atoms with Gasteiger partial charge in [-0.15, -0.1) is 0 Å². The number of carbonyl (C=O) groups excluding carboxylic acids is 1. The Morgan fingerprint density at radius 3 is 2.70 bits per heavy atom. The fourth-order valence-corrected chi connectivity index (χ4v) is 2.72. The Kier molecular flexibility index (Phi) is 5.92. The van der Waals surface area contributed by atoms with Crippen molar-refractivity contribution in [3.63, 3.8) is 0 Å². The minimum atomic E-state index is -0.572. The quantitative estimate of drug-likeness (QED) is 0.712. The number of anilines is 2. The summed E-state index contributed by atoms with van der Waals surface area (Å²) in [5.74, 6) is 0.293. The van der Waals surface area contributed by atoms with Crippen molar-refractivity contribution in [2.45, 2.75) is 51.7 Å². The number of nitrogens with one attached hydrogen (secondary N) is 2. The highest BCUT2D eigenvalue weighted by Gasteiger charge is 2.22. The number of nitrogens with zero attached hydrogens (tertiary/aromatic N) is 2. The van der Waals surface area contributed by atoms with Gasteiger partial charge >= 0.3 is 0 Å². The van der Waals surface area contributed by atoms with Crippen molar-refractivity contribution in [1.29, 1.82) is 0 Å². The Hall–Kier alpha value is -2.15. The van der Waals surface area contributed by atoms with Crippen molar-refractivity contribution in [2.75, 3.05) is 17.2 Å². The first kappa shape index (κ1) is 17.2. The van der Waals surface area contributed by atoms with Crippen molar-refractivity contribution in [1.82, 2.24) is 9.97 Å². The average molecular weight is 319 g/mol. The molecule has 0 aromatic carbocycles.